The van der Waals surface area contributed by atoms with Crippen molar-refractivity contribution in [1.82, 2.24) is 4.98 Å². The number of aromatic nitrogens is 1. The maximum Gasteiger partial charge on any atom is 0.202 e. The molecule has 0 saturated carbocycles. The van der Waals surface area contributed by atoms with Crippen molar-refractivity contribution >= 4 is 22.2 Å². The highest BCUT2D eigenvalue weighted by atomic mass is 32.1. The van der Waals surface area contributed by atoms with Crippen molar-refractivity contribution < 1.29 is 4.74 Å². The molecule has 2 aromatic rings. The van der Waals surface area contributed by atoms with Gasteiger partial charge in [-0.25, -0.2) is 4.98 Å². The van der Waals surface area contributed by atoms with Crippen molar-refractivity contribution in [1.29, 1.82) is 0 Å². The second kappa shape index (κ2) is 5.48. The highest BCUT2D eigenvalue weighted by Gasteiger charge is 2.10. The average molecular weight is 275 g/mol. The Labute approximate surface area is 116 Å². The van der Waals surface area contributed by atoms with Gasteiger partial charge in [-0.3, -0.25) is 0 Å². The molecule has 0 radical (unpaired) electrons. The largest absolute Gasteiger partial charge is 0.445 e. The van der Waals surface area contributed by atoms with Crippen molar-refractivity contribution in [2.24, 2.45) is 0 Å². The molecule has 1 aliphatic rings. The Bertz CT molecular complexity index is 532. The number of ether oxygens (including phenoxy) is 1. The van der Waals surface area contributed by atoms with E-state index in [-0.39, 0.29) is 0 Å². The van der Waals surface area contributed by atoms with Crippen molar-refractivity contribution in [2.45, 2.75) is 19.3 Å². The average Bonchev–Trinajstić information content (AvgIpc) is 2.86. The molecule has 1 aromatic heterocycles. The molecule has 1 aromatic carbocycles. The van der Waals surface area contributed by atoms with E-state index in [9.17, 15) is 0 Å². The Hall–Kier alpha value is -1.75. The maximum absolute atomic E-state index is 5.70. The van der Waals surface area contributed by atoms with E-state index < -0.39 is 0 Å². The molecular weight excluding hydrogens is 258 g/mol. The molecule has 3 rings (SSSR count). The van der Waals surface area contributed by atoms with Crippen molar-refractivity contribution in [3.05, 3.63) is 30.5 Å². The number of rotatable bonds is 3. The minimum Gasteiger partial charge on any atom is -0.445 e. The molecule has 1 aliphatic heterocycles. The Morgan fingerprint density at radius 2 is 1.84 bits per heavy atom. The predicted octanol–water partition coefficient (Wildman–Crippen LogP) is 3.51. The van der Waals surface area contributed by atoms with Crippen LogP contribution in [-0.4, -0.2) is 18.1 Å². The Morgan fingerprint density at radius 3 is 2.47 bits per heavy atom. The zero-order valence-electron chi connectivity index (χ0n) is 10.7. The molecule has 1 fully saturated rings. The molecular formula is C14H17N3OS. The normalized spacial score (nSPS) is 15.5. The summed E-state index contributed by atoms with van der Waals surface area (Å²) >= 11 is 1.35. The lowest BCUT2D eigenvalue weighted by molar-refractivity contribution is 0.495. The predicted molar refractivity (Wildman–Crippen MR) is 79.1 cm³/mol. The number of piperidine rings is 1. The Balaban J connectivity index is 1.68. The summed E-state index contributed by atoms with van der Waals surface area (Å²) in [7, 11) is 0. The van der Waals surface area contributed by atoms with E-state index in [1.165, 1.54) is 36.3 Å². The van der Waals surface area contributed by atoms with E-state index >= 15 is 0 Å². The summed E-state index contributed by atoms with van der Waals surface area (Å²) in [5.74, 6) is 0.824. The van der Waals surface area contributed by atoms with Crippen LogP contribution < -0.4 is 15.4 Å². The van der Waals surface area contributed by atoms with Crippen LogP contribution in [0.1, 0.15) is 19.3 Å². The second-order valence-corrected chi connectivity index (χ2v) is 5.69. The van der Waals surface area contributed by atoms with Gasteiger partial charge in [-0.1, -0.05) is 11.3 Å². The van der Waals surface area contributed by atoms with E-state index in [1.54, 1.807) is 6.20 Å². The number of nitrogen functional groups attached to an aromatic ring is 1. The first-order chi connectivity index (χ1) is 9.31. The van der Waals surface area contributed by atoms with Gasteiger partial charge in [-0.15, -0.1) is 0 Å². The summed E-state index contributed by atoms with van der Waals surface area (Å²) < 4.78 is 5.70. The summed E-state index contributed by atoms with van der Waals surface area (Å²) in [5.41, 5.74) is 6.85. The summed E-state index contributed by atoms with van der Waals surface area (Å²) in [5, 5.41) is 1.25. The monoisotopic (exact) mass is 275 g/mol. The molecule has 0 bridgehead atoms. The third-order valence-electron chi connectivity index (χ3n) is 3.28. The molecule has 0 unspecified atom stereocenters. The fourth-order valence-electron chi connectivity index (χ4n) is 2.31. The molecule has 0 atom stereocenters. The third kappa shape index (κ3) is 2.98. The number of hydrogen-bond donors (Lipinski definition) is 1. The van der Waals surface area contributed by atoms with Crippen LogP contribution in [0.15, 0.2) is 30.5 Å². The first kappa shape index (κ1) is 12.3. The van der Waals surface area contributed by atoms with Crippen molar-refractivity contribution in [3.63, 3.8) is 0 Å². The third-order valence-corrected chi connectivity index (χ3v) is 3.98. The molecule has 2 heterocycles. The molecule has 1 saturated heterocycles. The molecule has 0 amide bonds. The summed E-state index contributed by atoms with van der Waals surface area (Å²) in [6.07, 6.45) is 5.58. The van der Waals surface area contributed by atoms with E-state index in [2.05, 4.69) is 22.0 Å². The quantitative estimate of drug-likeness (QED) is 0.931. The second-order valence-electron chi connectivity index (χ2n) is 4.66. The number of thiazole rings is 1. The summed E-state index contributed by atoms with van der Waals surface area (Å²) in [6, 6.07) is 8.23. The van der Waals surface area contributed by atoms with Gasteiger partial charge >= 0.3 is 0 Å². The van der Waals surface area contributed by atoms with Crippen molar-refractivity contribution in [2.75, 3.05) is 23.7 Å². The minimum absolute atomic E-state index is 0.528. The standard InChI is InChI=1S/C14H17N3OS/c15-14-16-10-13(19-14)18-12-6-4-11(5-7-12)17-8-2-1-3-9-17/h4-7,10H,1-3,8-9H2,(H2,15,16). The lowest BCUT2D eigenvalue weighted by atomic mass is 10.1. The molecule has 2 N–H and O–H groups in total. The van der Waals surface area contributed by atoms with Gasteiger partial charge in [-0.2, -0.15) is 0 Å². The van der Waals surface area contributed by atoms with E-state index in [0.717, 1.165) is 23.9 Å². The number of benzene rings is 1. The Morgan fingerprint density at radius 1 is 1.11 bits per heavy atom. The van der Waals surface area contributed by atoms with Gasteiger partial charge in [0.15, 0.2) is 5.13 Å². The van der Waals surface area contributed by atoms with Gasteiger partial charge in [0.25, 0.3) is 0 Å². The van der Waals surface area contributed by atoms with Gasteiger partial charge in [0.05, 0.1) is 6.20 Å². The van der Waals surface area contributed by atoms with Crippen LogP contribution in [0.3, 0.4) is 0 Å². The highest BCUT2D eigenvalue weighted by molar-refractivity contribution is 7.17. The lowest BCUT2D eigenvalue weighted by Gasteiger charge is -2.28. The van der Waals surface area contributed by atoms with E-state index in [1.807, 2.05) is 12.1 Å². The van der Waals surface area contributed by atoms with Crippen LogP contribution in [0.25, 0.3) is 0 Å². The molecule has 4 nitrogen and oxygen atoms in total. The topological polar surface area (TPSA) is 51.4 Å². The number of nitrogens with zero attached hydrogens (tertiary/aromatic N) is 2. The zero-order valence-corrected chi connectivity index (χ0v) is 11.5. The molecule has 19 heavy (non-hydrogen) atoms. The lowest BCUT2D eigenvalue weighted by Crippen LogP contribution is -2.29. The molecule has 5 heteroatoms. The number of anilines is 2. The maximum atomic E-state index is 5.70. The van der Waals surface area contributed by atoms with Crippen LogP contribution in [0.4, 0.5) is 10.8 Å². The molecule has 0 spiro atoms. The first-order valence-corrected chi connectivity index (χ1v) is 7.37. The Kier molecular flexibility index (Phi) is 3.55. The highest BCUT2D eigenvalue weighted by Crippen LogP contribution is 2.30. The zero-order chi connectivity index (χ0) is 13.1. The molecule has 100 valence electrons. The SMILES string of the molecule is Nc1ncc(Oc2ccc(N3CCCCC3)cc2)s1. The van der Waals surface area contributed by atoms with Crippen molar-refractivity contribution in [3.8, 4) is 10.8 Å². The number of hydrogen-bond acceptors (Lipinski definition) is 5. The van der Waals surface area contributed by atoms with Crippen LogP contribution in [-0.2, 0) is 0 Å². The fraction of sp³-hybridized carbons (Fsp3) is 0.357. The van der Waals surface area contributed by atoms with Crippen LogP contribution >= 0.6 is 11.3 Å². The van der Waals surface area contributed by atoms with Crippen LogP contribution in [0.2, 0.25) is 0 Å². The van der Waals surface area contributed by atoms with Gasteiger partial charge in [0.1, 0.15) is 5.75 Å². The fourth-order valence-corrected chi connectivity index (χ4v) is 2.87. The van der Waals surface area contributed by atoms with Gasteiger partial charge in [0.2, 0.25) is 5.06 Å². The van der Waals surface area contributed by atoms with Crippen LogP contribution in [0, 0.1) is 0 Å². The smallest absolute Gasteiger partial charge is 0.202 e. The van der Waals surface area contributed by atoms with E-state index in [0.29, 0.717) is 5.13 Å². The summed E-state index contributed by atoms with van der Waals surface area (Å²) in [6.45, 7) is 2.32. The van der Waals surface area contributed by atoms with Gasteiger partial charge in [-0.05, 0) is 43.5 Å². The molecule has 0 aliphatic carbocycles. The van der Waals surface area contributed by atoms with E-state index in [4.69, 9.17) is 10.5 Å². The van der Waals surface area contributed by atoms with Gasteiger partial charge < -0.3 is 15.4 Å². The summed E-state index contributed by atoms with van der Waals surface area (Å²) in [4.78, 5) is 6.40. The van der Waals surface area contributed by atoms with Gasteiger partial charge in [0, 0.05) is 18.8 Å². The van der Waals surface area contributed by atoms with Crippen LogP contribution in [0.5, 0.6) is 10.8 Å². The minimum atomic E-state index is 0.528. The number of nitrogens with two attached hydrogens (primary N) is 1. The first-order valence-electron chi connectivity index (χ1n) is 6.55.